The number of para-hydroxylation sites is 1. The predicted octanol–water partition coefficient (Wildman–Crippen LogP) is 4.21. The monoisotopic (exact) mass is 402 g/mol. The first kappa shape index (κ1) is 18.4. The fourth-order valence-electron chi connectivity index (χ4n) is 3.06. The Labute approximate surface area is 164 Å². The zero-order chi connectivity index (χ0) is 19.7. The quantitative estimate of drug-likeness (QED) is 0.642. The van der Waals surface area contributed by atoms with Crippen LogP contribution < -0.4 is 14.4 Å². The van der Waals surface area contributed by atoms with E-state index in [4.69, 9.17) is 9.47 Å². The maximum Gasteiger partial charge on any atom is 0.274 e. The number of nitrogens with zero attached hydrogens (tertiary/aromatic N) is 2. The first-order chi connectivity index (χ1) is 13.6. The number of halogens is 2. The minimum atomic E-state index is -0.769. The number of anilines is 1. The lowest BCUT2D eigenvalue weighted by Crippen LogP contribution is -2.37. The van der Waals surface area contributed by atoms with Gasteiger partial charge in [-0.25, -0.2) is 13.8 Å². The van der Waals surface area contributed by atoms with E-state index < -0.39 is 11.6 Å². The molecule has 0 spiro atoms. The molecule has 0 saturated heterocycles. The Morgan fingerprint density at radius 1 is 1.21 bits per heavy atom. The standard InChI is InChI=1S/C20H16F2N2O3S/c1-26-17-5-3-2-4-12(17)11-27-20-23-15-8-9-24(19(25)18(15)28-20)16-7-6-13(21)10-14(16)22/h2-7,10H,8-9,11H2,1H3. The number of hydrogen-bond acceptors (Lipinski definition) is 5. The van der Waals surface area contributed by atoms with Gasteiger partial charge in [0.05, 0.1) is 18.5 Å². The molecule has 1 aliphatic rings. The van der Waals surface area contributed by atoms with Crippen LogP contribution in [0.3, 0.4) is 0 Å². The normalized spacial score (nSPS) is 13.4. The number of methoxy groups -OCH3 is 1. The van der Waals surface area contributed by atoms with Crippen molar-refractivity contribution < 1.29 is 23.0 Å². The van der Waals surface area contributed by atoms with E-state index in [1.807, 2.05) is 24.3 Å². The Balaban J connectivity index is 1.53. The number of amides is 1. The Bertz CT molecular complexity index is 1040. The minimum Gasteiger partial charge on any atom is -0.496 e. The van der Waals surface area contributed by atoms with Crippen LogP contribution in [0.1, 0.15) is 20.9 Å². The van der Waals surface area contributed by atoms with Crippen molar-refractivity contribution in [3.8, 4) is 10.9 Å². The number of rotatable bonds is 5. The van der Waals surface area contributed by atoms with Crippen LogP contribution in [0.25, 0.3) is 0 Å². The van der Waals surface area contributed by atoms with Crippen molar-refractivity contribution in [3.05, 3.63) is 70.2 Å². The molecule has 1 aliphatic heterocycles. The average molecular weight is 402 g/mol. The van der Waals surface area contributed by atoms with Crippen LogP contribution in [0, 0.1) is 11.6 Å². The van der Waals surface area contributed by atoms with Gasteiger partial charge in [-0.2, -0.15) is 0 Å². The molecule has 0 bridgehead atoms. The van der Waals surface area contributed by atoms with Gasteiger partial charge in [-0.1, -0.05) is 29.5 Å². The van der Waals surface area contributed by atoms with Crippen molar-refractivity contribution >= 4 is 22.9 Å². The second-order valence-corrected chi connectivity index (χ2v) is 7.12. The summed E-state index contributed by atoms with van der Waals surface area (Å²) < 4.78 is 38.3. The molecule has 0 N–H and O–H groups in total. The van der Waals surface area contributed by atoms with Crippen LogP contribution in [-0.2, 0) is 13.0 Å². The third kappa shape index (κ3) is 3.43. The summed E-state index contributed by atoms with van der Waals surface area (Å²) >= 11 is 1.12. The Morgan fingerprint density at radius 3 is 2.82 bits per heavy atom. The summed E-state index contributed by atoms with van der Waals surface area (Å²) in [4.78, 5) is 18.9. The van der Waals surface area contributed by atoms with Crippen molar-refractivity contribution in [1.29, 1.82) is 0 Å². The van der Waals surface area contributed by atoms with Crippen LogP contribution >= 0.6 is 11.3 Å². The number of ether oxygens (including phenoxy) is 2. The summed E-state index contributed by atoms with van der Waals surface area (Å²) in [5.41, 5.74) is 1.55. The highest BCUT2D eigenvalue weighted by molar-refractivity contribution is 7.15. The van der Waals surface area contributed by atoms with E-state index in [2.05, 4.69) is 4.98 Å². The van der Waals surface area contributed by atoms with Gasteiger partial charge in [-0.15, -0.1) is 0 Å². The number of carbonyl (C=O) groups is 1. The second-order valence-electron chi connectivity index (χ2n) is 6.16. The van der Waals surface area contributed by atoms with Gasteiger partial charge in [0.1, 0.15) is 28.9 Å². The van der Waals surface area contributed by atoms with Gasteiger partial charge < -0.3 is 14.4 Å². The van der Waals surface area contributed by atoms with Gasteiger partial charge in [-0.05, 0) is 18.2 Å². The van der Waals surface area contributed by atoms with Crippen LogP contribution in [0.15, 0.2) is 42.5 Å². The van der Waals surface area contributed by atoms with E-state index in [0.29, 0.717) is 27.9 Å². The molecular weight excluding hydrogens is 386 g/mol. The Hall–Kier alpha value is -3.00. The Morgan fingerprint density at radius 2 is 2.04 bits per heavy atom. The minimum absolute atomic E-state index is 0.0574. The summed E-state index contributed by atoms with van der Waals surface area (Å²) in [5.74, 6) is -1.11. The lowest BCUT2D eigenvalue weighted by Gasteiger charge is -2.26. The summed E-state index contributed by atoms with van der Waals surface area (Å²) in [7, 11) is 1.59. The van der Waals surface area contributed by atoms with E-state index in [1.54, 1.807) is 7.11 Å². The number of fused-ring (bicyclic) bond motifs is 1. The third-order valence-electron chi connectivity index (χ3n) is 4.43. The van der Waals surface area contributed by atoms with Crippen molar-refractivity contribution in [1.82, 2.24) is 4.98 Å². The highest BCUT2D eigenvalue weighted by Gasteiger charge is 2.31. The Kier molecular flexibility index (Phi) is 4.95. The summed E-state index contributed by atoms with van der Waals surface area (Å²) in [6, 6.07) is 10.6. The topological polar surface area (TPSA) is 51.7 Å². The molecule has 28 heavy (non-hydrogen) atoms. The van der Waals surface area contributed by atoms with Crippen LogP contribution in [0.5, 0.6) is 10.9 Å². The molecule has 2 heterocycles. The molecule has 1 aromatic heterocycles. The summed E-state index contributed by atoms with van der Waals surface area (Å²) in [5, 5.41) is 0.366. The summed E-state index contributed by atoms with van der Waals surface area (Å²) in [6.07, 6.45) is 0.465. The van der Waals surface area contributed by atoms with Crippen molar-refractivity contribution in [2.75, 3.05) is 18.6 Å². The number of hydrogen-bond donors (Lipinski definition) is 0. The first-order valence-corrected chi connectivity index (χ1v) is 9.40. The van der Waals surface area contributed by atoms with E-state index in [9.17, 15) is 13.6 Å². The zero-order valence-corrected chi connectivity index (χ0v) is 15.8. The van der Waals surface area contributed by atoms with Crippen LogP contribution in [0.4, 0.5) is 14.5 Å². The lowest BCUT2D eigenvalue weighted by molar-refractivity contribution is 0.0983. The van der Waals surface area contributed by atoms with Gasteiger partial charge in [0.15, 0.2) is 0 Å². The highest BCUT2D eigenvalue weighted by atomic mass is 32.1. The van der Waals surface area contributed by atoms with E-state index >= 15 is 0 Å². The molecule has 0 radical (unpaired) electrons. The summed E-state index contributed by atoms with van der Waals surface area (Å²) in [6.45, 7) is 0.519. The third-order valence-corrected chi connectivity index (χ3v) is 5.43. The largest absolute Gasteiger partial charge is 0.496 e. The fraction of sp³-hybridized carbons (Fsp3) is 0.200. The van der Waals surface area contributed by atoms with Crippen molar-refractivity contribution in [3.63, 3.8) is 0 Å². The molecule has 144 valence electrons. The molecule has 0 saturated carbocycles. The predicted molar refractivity (Wildman–Crippen MR) is 101 cm³/mol. The molecule has 5 nitrogen and oxygen atoms in total. The smallest absolute Gasteiger partial charge is 0.274 e. The SMILES string of the molecule is COc1ccccc1COc1nc2c(s1)C(=O)N(c1ccc(F)cc1F)CC2. The molecule has 0 aliphatic carbocycles. The van der Waals surface area contributed by atoms with Gasteiger partial charge in [-0.3, -0.25) is 4.79 Å². The number of carbonyl (C=O) groups excluding carboxylic acids is 1. The van der Waals surface area contributed by atoms with Gasteiger partial charge in [0.25, 0.3) is 11.1 Å². The van der Waals surface area contributed by atoms with E-state index in [-0.39, 0.29) is 24.7 Å². The van der Waals surface area contributed by atoms with Gasteiger partial charge >= 0.3 is 0 Å². The molecule has 3 aromatic rings. The maximum atomic E-state index is 14.1. The van der Waals surface area contributed by atoms with Gasteiger partial charge in [0.2, 0.25) is 0 Å². The average Bonchev–Trinajstić information content (AvgIpc) is 3.12. The molecule has 2 aromatic carbocycles. The van der Waals surface area contributed by atoms with Crippen molar-refractivity contribution in [2.45, 2.75) is 13.0 Å². The van der Waals surface area contributed by atoms with Crippen LogP contribution in [0.2, 0.25) is 0 Å². The van der Waals surface area contributed by atoms with Crippen LogP contribution in [-0.4, -0.2) is 24.5 Å². The van der Waals surface area contributed by atoms with E-state index in [1.165, 1.54) is 11.0 Å². The van der Waals surface area contributed by atoms with E-state index in [0.717, 1.165) is 29.0 Å². The maximum absolute atomic E-state index is 14.1. The highest BCUT2D eigenvalue weighted by Crippen LogP contribution is 2.33. The molecule has 4 rings (SSSR count). The fourth-order valence-corrected chi connectivity index (χ4v) is 3.97. The molecule has 0 fully saturated rings. The number of benzene rings is 2. The lowest BCUT2D eigenvalue weighted by atomic mass is 10.1. The second kappa shape index (κ2) is 7.55. The molecule has 8 heteroatoms. The molecule has 0 atom stereocenters. The molecular formula is C20H16F2N2O3S. The van der Waals surface area contributed by atoms with Gasteiger partial charge in [0, 0.05) is 24.6 Å². The number of aromatic nitrogens is 1. The molecule has 1 amide bonds. The first-order valence-electron chi connectivity index (χ1n) is 8.58. The molecule has 0 unspecified atom stereocenters. The van der Waals surface area contributed by atoms with Crippen molar-refractivity contribution in [2.24, 2.45) is 0 Å². The zero-order valence-electron chi connectivity index (χ0n) is 14.9. The number of thiazole rings is 1.